The third kappa shape index (κ3) is 3.82. The summed E-state index contributed by atoms with van der Waals surface area (Å²) >= 11 is 0. The van der Waals surface area contributed by atoms with Gasteiger partial charge < -0.3 is 14.0 Å². The highest BCUT2D eigenvalue weighted by atomic mass is 32.2. The molecule has 8 heteroatoms. The molecular formula is C16H24BNO5S. The lowest BCUT2D eigenvalue weighted by atomic mass is 9.79. The van der Waals surface area contributed by atoms with Crippen LogP contribution in [0.5, 0.6) is 0 Å². The first-order valence-electron chi connectivity index (χ1n) is 7.83. The Bertz CT molecular complexity index is 719. The lowest BCUT2D eigenvalue weighted by Crippen LogP contribution is -2.41. The fourth-order valence-electron chi connectivity index (χ4n) is 2.20. The molecule has 1 heterocycles. The number of carbonyl (C=O) groups excluding carboxylic acids is 1. The molecule has 1 aliphatic heterocycles. The first-order valence-corrected chi connectivity index (χ1v) is 9.75. The van der Waals surface area contributed by atoms with E-state index in [9.17, 15) is 9.00 Å². The topological polar surface area (TPSA) is 74.2 Å². The highest BCUT2D eigenvalue weighted by Crippen LogP contribution is 2.36. The van der Waals surface area contributed by atoms with E-state index in [1.54, 1.807) is 31.2 Å². The molecule has 132 valence electrons. The average molecular weight is 353 g/mol. The number of benzene rings is 1. The molecule has 1 fully saturated rings. The van der Waals surface area contributed by atoms with Gasteiger partial charge in [-0.1, -0.05) is 12.1 Å². The Morgan fingerprint density at radius 2 is 1.67 bits per heavy atom. The van der Waals surface area contributed by atoms with E-state index in [1.165, 1.54) is 6.26 Å². The lowest BCUT2D eigenvalue weighted by Gasteiger charge is -2.32. The van der Waals surface area contributed by atoms with Gasteiger partial charge in [0.15, 0.2) is 0 Å². The van der Waals surface area contributed by atoms with Gasteiger partial charge in [-0.05, 0) is 52.2 Å². The number of ether oxygens (including phenoxy) is 1. The molecule has 1 aliphatic rings. The average Bonchev–Trinajstić information content (AvgIpc) is 2.67. The Labute approximate surface area is 144 Å². The zero-order valence-corrected chi connectivity index (χ0v) is 15.8. The van der Waals surface area contributed by atoms with Gasteiger partial charge in [-0.15, -0.1) is 4.36 Å². The first kappa shape index (κ1) is 19.0. The van der Waals surface area contributed by atoms with Crippen molar-refractivity contribution in [2.24, 2.45) is 4.36 Å². The summed E-state index contributed by atoms with van der Waals surface area (Å²) in [4.78, 5) is 11.9. The van der Waals surface area contributed by atoms with Gasteiger partial charge >= 0.3 is 13.2 Å². The smallest absolute Gasteiger partial charge is 0.448 e. The highest BCUT2D eigenvalue weighted by molar-refractivity contribution is 7.93. The van der Waals surface area contributed by atoms with Crippen LogP contribution in [-0.4, -0.2) is 41.5 Å². The van der Waals surface area contributed by atoms with Crippen molar-refractivity contribution in [1.82, 2.24) is 0 Å². The predicted octanol–water partition coefficient (Wildman–Crippen LogP) is 2.60. The van der Waals surface area contributed by atoms with Gasteiger partial charge in [-0.25, -0.2) is 9.00 Å². The molecule has 0 saturated carbocycles. The standard InChI is InChI=1S/C16H24BNO5S/c1-7-21-14(19)18-24(6,20)13-10-8-12(9-11-13)17-22-15(2,3)16(4,5)23-17/h8-11H,7H2,1-6H3. The van der Waals surface area contributed by atoms with Crippen LogP contribution in [0.2, 0.25) is 0 Å². The molecule has 1 aromatic rings. The molecule has 6 nitrogen and oxygen atoms in total. The summed E-state index contributed by atoms with van der Waals surface area (Å²) in [5.41, 5.74) is -0.0226. The Morgan fingerprint density at radius 3 is 2.12 bits per heavy atom. The zero-order valence-electron chi connectivity index (χ0n) is 15.0. The van der Waals surface area contributed by atoms with Crippen molar-refractivity contribution in [3.05, 3.63) is 24.3 Å². The minimum Gasteiger partial charge on any atom is -0.448 e. The monoisotopic (exact) mass is 353 g/mol. The number of hydrogen-bond acceptors (Lipinski definition) is 5. The summed E-state index contributed by atoms with van der Waals surface area (Å²) in [5, 5.41) is 0. The third-order valence-corrected chi connectivity index (χ3v) is 6.00. The molecule has 1 atom stereocenters. The summed E-state index contributed by atoms with van der Waals surface area (Å²) in [6, 6.07) is 6.90. The number of rotatable bonds is 3. The fraction of sp³-hybridized carbons (Fsp3) is 0.562. The Balaban J connectivity index is 2.23. The van der Waals surface area contributed by atoms with Crippen LogP contribution in [-0.2, 0) is 23.8 Å². The van der Waals surface area contributed by atoms with E-state index in [1.807, 2.05) is 27.7 Å². The van der Waals surface area contributed by atoms with Gasteiger partial charge in [-0.2, -0.15) is 0 Å². The van der Waals surface area contributed by atoms with Gasteiger partial charge in [0, 0.05) is 11.2 Å². The van der Waals surface area contributed by atoms with Crippen LogP contribution in [0.25, 0.3) is 0 Å². The van der Waals surface area contributed by atoms with Crippen molar-refractivity contribution in [3.63, 3.8) is 0 Å². The Hall–Kier alpha value is -1.38. The van der Waals surface area contributed by atoms with E-state index in [2.05, 4.69) is 4.36 Å². The second kappa shape index (κ2) is 6.50. The zero-order chi connectivity index (χ0) is 18.2. The van der Waals surface area contributed by atoms with Crippen LogP contribution in [0, 0.1) is 0 Å². The van der Waals surface area contributed by atoms with Crippen LogP contribution in [0.1, 0.15) is 34.6 Å². The minimum absolute atomic E-state index is 0.193. The van der Waals surface area contributed by atoms with E-state index in [4.69, 9.17) is 14.0 Å². The van der Waals surface area contributed by atoms with Gasteiger partial charge in [0.1, 0.15) is 0 Å². The Kier molecular flexibility index (Phi) is 5.13. The molecule has 1 unspecified atom stereocenters. The second-order valence-corrected chi connectivity index (χ2v) is 9.01. The number of hydrogen-bond donors (Lipinski definition) is 0. The van der Waals surface area contributed by atoms with Crippen LogP contribution in [0.4, 0.5) is 4.79 Å². The minimum atomic E-state index is -2.85. The normalized spacial score (nSPS) is 21.2. The maximum absolute atomic E-state index is 12.6. The maximum Gasteiger partial charge on any atom is 0.494 e. The van der Waals surface area contributed by atoms with E-state index in [-0.39, 0.29) is 6.61 Å². The number of amides is 1. The molecule has 1 saturated heterocycles. The maximum atomic E-state index is 12.6. The predicted molar refractivity (Wildman–Crippen MR) is 93.9 cm³/mol. The molecule has 0 bridgehead atoms. The van der Waals surface area contributed by atoms with Gasteiger partial charge in [0.25, 0.3) is 0 Å². The van der Waals surface area contributed by atoms with E-state index in [0.717, 1.165) is 5.46 Å². The molecule has 0 radical (unpaired) electrons. The summed E-state index contributed by atoms with van der Waals surface area (Å²) in [6.45, 7) is 9.80. The van der Waals surface area contributed by atoms with E-state index in [0.29, 0.717) is 4.90 Å². The largest absolute Gasteiger partial charge is 0.494 e. The third-order valence-electron chi connectivity index (χ3n) is 4.36. The molecular weight excluding hydrogens is 329 g/mol. The van der Waals surface area contributed by atoms with Crippen molar-refractivity contribution in [3.8, 4) is 0 Å². The molecule has 2 rings (SSSR count). The van der Waals surface area contributed by atoms with Crippen molar-refractivity contribution >= 4 is 28.4 Å². The SMILES string of the molecule is CCOC(=O)N=S(C)(=O)c1ccc(B2OC(C)(C)C(C)(C)O2)cc1. The van der Waals surface area contributed by atoms with E-state index >= 15 is 0 Å². The summed E-state index contributed by atoms with van der Waals surface area (Å²) < 4.78 is 32.9. The van der Waals surface area contributed by atoms with E-state index < -0.39 is 34.1 Å². The van der Waals surface area contributed by atoms with Crippen LogP contribution in [0.15, 0.2) is 33.5 Å². The molecule has 0 aromatic heterocycles. The summed E-state index contributed by atoms with van der Waals surface area (Å²) in [5.74, 6) is 0. The first-order chi connectivity index (χ1) is 11.0. The second-order valence-electron chi connectivity index (χ2n) is 6.75. The molecule has 0 spiro atoms. The van der Waals surface area contributed by atoms with Gasteiger partial charge in [0.2, 0.25) is 0 Å². The highest BCUT2D eigenvalue weighted by Gasteiger charge is 2.51. The van der Waals surface area contributed by atoms with Crippen molar-refractivity contribution in [2.45, 2.75) is 50.7 Å². The summed E-state index contributed by atoms with van der Waals surface area (Å²) in [7, 11) is -3.34. The summed E-state index contributed by atoms with van der Waals surface area (Å²) in [6.07, 6.45) is 0.591. The Morgan fingerprint density at radius 1 is 1.17 bits per heavy atom. The molecule has 1 amide bonds. The van der Waals surface area contributed by atoms with Crippen LogP contribution < -0.4 is 5.46 Å². The number of nitrogens with zero attached hydrogens (tertiary/aromatic N) is 1. The van der Waals surface area contributed by atoms with Crippen LogP contribution in [0.3, 0.4) is 0 Å². The lowest BCUT2D eigenvalue weighted by molar-refractivity contribution is 0.00578. The molecule has 24 heavy (non-hydrogen) atoms. The van der Waals surface area contributed by atoms with Crippen molar-refractivity contribution < 1.29 is 23.0 Å². The van der Waals surface area contributed by atoms with Gasteiger partial charge in [0.05, 0.1) is 27.5 Å². The number of carbonyl (C=O) groups is 1. The fourth-order valence-corrected chi connectivity index (χ4v) is 3.29. The quantitative estimate of drug-likeness (QED) is 0.781. The molecule has 0 aliphatic carbocycles. The molecule has 1 aromatic carbocycles. The van der Waals surface area contributed by atoms with Crippen molar-refractivity contribution in [1.29, 1.82) is 0 Å². The molecule has 0 N–H and O–H groups in total. The van der Waals surface area contributed by atoms with Gasteiger partial charge in [-0.3, -0.25) is 0 Å². The van der Waals surface area contributed by atoms with Crippen molar-refractivity contribution in [2.75, 3.05) is 12.9 Å². The van der Waals surface area contributed by atoms with Crippen LogP contribution >= 0.6 is 0 Å².